The second-order valence-electron chi connectivity index (χ2n) is 3.89. The Hall–Kier alpha value is -1.10. The lowest BCUT2D eigenvalue weighted by molar-refractivity contribution is -0.120. The summed E-state index contributed by atoms with van der Waals surface area (Å²) in [5.74, 6) is 0.0482. The van der Waals surface area contributed by atoms with E-state index in [-0.39, 0.29) is 18.3 Å². The van der Waals surface area contributed by atoms with Gasteiger partial charge in [0.25, 0.3) is 0 Å². The predicted molar refractivity (Wildman–Crippen MR) is 79.7 cm³/mol. The summed E-state index contributed by atoms with van der Waals surface area (Å²) in [5.41, 5.74) is 1.32. The summed E-state index contributed by atoms with van der Waals surface area (Å²) in [7, 11) is 1.77. The van der Waals surface area contributed by atoms with E-state index < -0.39 is 0 Å². The summed E-state index contributed by atoms with van der Waals surface area (Å²) in [4.78, 5) is 11.3. The fourth-order valence-electron chi connectivity index (χ4n) is 1.79. The molecule has 0 radical (unpaired) electrons. The van der Waals surface area contributed by atoms with Crippen LogP contribution in [-0.2, 0) is 11.2 Å². The molecule has 3 nitrogen and oxygen atoms in total. The molecule has 1 aromatic carbocycles. The number of halogens is 1. The number of thiophene rings is 1. The molecule has 98 valence electrons. The first-order valence-corrected chi connectivity index (χ1v) is 6.55. The van der Waals surface area contributed by atoms with Crippen LogP contribution >= 0.6 is 23.7 Å². The van der Waals surface area contributed by atoms with Gasteiger partial charge in [0.2, 0.25) is 5.91 Å². The Morgan fingerprint density at radius 2 is 2.11 bits per heavy atom. The average Bonchev–Trinajstić information content (AvgIpc) is 2.73. The molecule has 0 saturated heterocycles. The topological polar surface area (TPSA) is 41.1 Å². The van der Waals surface area contributed by atoms with Crippen LogP contribution in [0.3, 0.4) is 0 Å². The van der Waals surface area contributed by atoms with E-state index in [9.17, 15) is 4.79 Å². The molecular weight excluding hydrogens is 268 g/mol. The zero-order valence-corrected chi connectivity index (χ0v) is 11.9. The summed E-state index contributed by atoms with van der Waals surface area (Å²) in [6.45, 7) is 1.08. The minimum atomic E-state index is 0. The third kappa shape index (κ3) is 3.70. The number of likely N-dealkylation sites (N-methyl/N-ethyl adjacent to an activating group) is 1. The third-order valence-corrected chi connectivity index (χ3v) is 3.63. The Bertz CT molecular complexity index is 512. The molecule has 1 amide bonds. The van der Waals surface area contributed by atoms with E-state index in [4.69, 9.17) is 0 Å². The van der Waals surface area contributed by atoms with Gasteiger partial charge in [-0.15, -0.1) is 23.7 Å². The number of rotatable bonds is 5. The molecule has 0 unspecified atom stereocenters. The summed E-state index contributed by atoms with van der Waals surface area (Å²) >= 11 is 1.76. The van der Waals surface area contributed by atoms with Crippen LogP contribution in [-0.4, -0.2) is 26.0 Å². The monoisotopic (exact) mass is 284 g/mol. The van der Waals surface area contributed by atoms with Gasteiger partial charge in [-0.2, -0.15) is 0 Å². The van der Waals surface area contributed by atoms with Gasteiger partial charge in [0.05, 0.1) is 6.54 Å². The normalized spacial score (nSPS) is 10.1. The SMILES string of the molecule is CNCC(=O)NCCc1csc2ccccc12.Cl. The lowest BCUT2D eigenvalue weighted by Crippen LogP contribution is -2.33. The zero-order valence-electron chi connectivity index (χ0n) is 10.2. The number of amides is 1. The van der Waals surface area contributed by atoms with Crippen LogP contribution < -0.4 is 10.6 Å². The van der Waals surface area contributed by atoms with Gasteiger partial charge in [0.15, 0.2) is 0 Å². The highest BCUT2D eigenvalue weighted by atomic mass is 35.5. The van der Waals surface area contributed by atoms with Gasteiger partial charge in [0, 0.05) is 11.2 Å². The number of nitrogens with one attached hydrogen (secondary N) is 2. The highest BCUT2D eigenvalue weighted by Crippen LogP contribution is 2.25. The van der Waals surface area contributed by atoms with Crippen LogP contribution in [0.4, 0.5) is 0 Å². The maximum Gasteiger partial charge on any atom is 0.233 e. The molecule has 1 heterocycles. The molecule has 0 aliphatic rings. The molecule has 0 atom stereocenters. The molecule has 2 aromatic rings. The maximum atomic E-state index is 11.3. The maximum absolute atomic E-state index is 11.3. The van der Waals surface area contributed by atoms with E-state index >= 15 is 0 Å². The number of hydrogen-bond donors (Lipinski definition) is 2. The zero-order chi connectivity index (χ0) is 12.1. The lowest BCUT2D eigenvalue weighted by atomic mass is 10.1. The molecule has 0 saturated carbocycles. The van der Waals surface area contributed by atoms with Crippen LogP contribution in [0.15, 0.2) is 29.6 Å². The van der Waals surface area contributed by atoms with Gasteiger partial charge in [-0.25, -0.2) is 0 Å². The van der Waals surface area contributed by atoms with Crippen molar-refractivity contribution in [3.8, 4) is 0 Å². The van der Waals surface area contributed by atoms with Gasteiger partial charge < -0.3 is 10.6 Å². The van der Waals surface area contributed by atoms with Crippen molar-refractivity contribution in [1.82, 2.24) is 10.6 Å². The van der Waals surface area contributed by atoms with Crippen molar-refractivity contribution in [3.63, 3.8) is 0 Å². The fourth-order valence-corrected chi connectivity index (χ4v) is 2.78. The van der Waals surface area contributed by atoms with E-state index in [1.54, 1.807) is 18.4 Å². The fraction of sp³-hybridized carbons (Fsp3) is 0.308. The Kier molecular flexibility index (Phi) is 6.12. The van der Waals surface area contributed by atoms with E-state index in [1.165, 1.54) is 15.6 Å². The standard InChI is InChI=1S/C13H16N2OS.ClH/c1-14-8-13(16)15-7-6-10-9-17-12-5-3-2-4-11(10)12;/h2-5,9,14H,6-8H2,1H3,(H,15,16);1H. The number of hydrogen-bond acceptors (Lipinski definition) is 3. The van der Waals surface area contributed by atoms with E-state index in [2.05, 4.69) is 40.3 Å². The lowest BCUT2D eigenvalue weighted by Gasteiger charge is -2.04. The Morgan fingerprint density at radius 3 is 2.89 bits per heavy atom. The Morgan fingerprint density at radius 1 is 1.33 bits per heavy atom. The van der Waals surface area contributed by atoms with Crippen molar-refractivity contribution < 1.29 is 4.79 Å². The first kappa shape index (κ1) is 15.0. The average molecular weight is 285 g/mol. The number of fused-ring (bicyclic) bond motifs is 1. The third-order valence-electron chi connectivity index (χ3n) is 2.62. The molecule has 0 bridgehead atoms. The van der Waals surface area contributed by atoms with Crippen molar-refractivity contribution in [2.75, 3.05) is 20.1 Å². The van der Waals surface area contributed by atoms with Crippen molar-refractivity contribution in [1.29, 1.82) is 0 Å². The van der Waals surface area contributed by atoms with Crippen LogP contribution in [0.5, 0.6) is 0 Å². The van der Waals surface area contributed by atoms with Crippen molar-refractivity contribution in [2.24, 2.45) is 0 Å². The van der Waals surface area contributed by atoms with Crippen LogP contribution in [0, 0.1) is 0 Å². The minimum Gasteiger partial charge on any atom is -0.355 e. The van der Waals surface area contributed by atoms with Gasteiger partial charge in [-0.05, 0) is 35.9 Å². The van der Waals surface area contributed by atoms with Crippen LogP contribution in [0.1, 0.15) is 5.56 Å². The number of carbonyl (C=O) groups is 1. The van der Waals surface area contributed by atoms with Gasteiger partial charge in [-0.1, -0.05) is 18.2 Å². The summed E-state index contributed by atoms with van der Waals surface area (Å²) in [6, 6.07) is 8.37. The summed E-state index contributed by atoms with van der Waals surface area (Å²) in [6.07, 6.45) is 0.888. The van der Waals surface area contributed by atoms with Crippen molar-refractivity contribution in [3.05, 3.63) is 35.2 Å². The smallest absolute Gasteiger partial charge is 0.233 e. The second-order valence-corrected chi connectivity index (χ2v) is 4.80. The molecule has 18 heavy (non-hydrogen) atoms. The first-order chi connectivity index (χ1) is 8.31. The largest absolute Gasteiger partial charge is 0.355 e. The van der Waals surface area contributed by atoms with Crippen LogP contribution in [0.25, 0.3) is 10.1 Å². The molecule has 0 aliphatic carbocycles. The van der Waals surface area contributed by atoms with Gasteiger partial charge >= 0.3 is 0 Å². The highest BCUT2D eigenvalue weighted by Gasteiger charge is 2.04. The Labute approximate surface area is 117 Å². The quantitative estimate of drug-likeness (QED) is 0.884. The summed E-state index contributed by atoms with van der Waals surface area (Å²) in [5, 5.41) is 9.20. The molecule has 0 fully saturated rings. The van der Waals surface area contributed by atoms with E-state index in [1.807, 2.05) is 0 Å². The predicted octanol–water partition coefficient (Wildman–Crippen LogP) is 2.20. The van der Waals surface area contributed by atoms with Crippen molar-refractivity contribution in [2.45, 2.75) is 6.42 Å². The van der Waals surface area contributed by atoms with E-state index in [0.717, 1.165) is 6.42 Å². The van der Waals surface area contributed by atoms with Crippen LogP contribution in [0.2, 0.25) is 0 Å². The van der Waals surface area contributed by atoms with Gasteiger partial charge in [-0.3, -0.25) is 4.79 Å². The molecular formula is C13H17ClN2OS. The summed E-state index contributed by atoms with van der Waals surface area (Å²) < 4.78 is 1.31. The Balaban J connectivity index is 0.00000162. The molecule has 2 rings (SSSR count). The van der Waals surface area contributed by atoms with E-state index in [0.29, 0.717) is 13.1 Å². The molecule has 0 spiro atoms. The molecule has 5 heteroatoms. The molecule has 1 aromatic heterocycles. The number of benzene rings is 1. The first-order valence-electron chi connectivity index (χ1n) is 5.67. The minimum absolute atomic E-state index is 0. The van der Waals surface area contributed by atoms with Gasteiger partial charge in [0.1, 0.15) is 0 Å². The number of carbonyl (C=O) groups excluding carboxylic acids is 1. The molecule has 2 N–H and O–H groups in total. The molecule has 0 aliphatic heterocycles. The second kappa shape index (κ2) is 7.36. The highest BCUT2D eigenvalue weighted by molar-refractivity contribution is 7.17. The van der Waals surface area contributed by atoms with Crippen molar-refractivity contribution >= 4 is 39.7 Å².